The Morgan fingerprint density at radius 1 is 0.340 bits per heavy atom. The Bertz CT molecular complexity index is 2850. The molecule has 0 aliphatic heterocycles. The molecule has 7 aromatic carbocycles. The van der Waals surface area contributed by atoms with Crippen molar-refractivity contribution in [2.75, 3.05) is 0 Å². The Morgan fingerprint density at radius 2 is 0.830 bits per heavy atom. The minimum absolute atomic E-state index is 0.204. The Hall–Kier alpha value is -6.80. The van der Waals surface area contributed by atoms with Crippen molar-refractivity contribution in [2.24, 2.45) is 0 Å². The molecule has 0 N–H and O–H groups in total. The van der Waals surface area contributed by atoms with Gasteiger partial charge >= 0.3 is 0 Å². The van der Waals surface area contributed by atoms with Crippen molar-refractivity contribution in [1.29, 1.82) is 0 Å². The van der Waals surface area contributed by atoms with E-state index in [4.69, 9.17) is 15.0 Å². The molecular weight excluding hydrogens is 678 g/mol. The molecule has 0 fully saturated rings. The van der Waals surface area contributed by atoms with Crippen LogP contribution in [0, 0.1) is 29.1 Å². The van der Waals surface area contributed by atoms with Crippen LogP contribution in [0.3, 0.4) is 0 Å². The fourth-order valence-corrected chi connectivity index (χ4v) is 6.99. The predicted molar refractivity (Wildman–Crippen MR) is 199 cm³/mol. The zero-order valence-electron chi connectivity index (χ0n) is 27.6. The monoisotopic (exact) mass is 701 g/mol. The second-order valence-electron chi connectivity index (χ2n) is 12.6. The smallest absolute Gasteiger partial charge is 0.200 e. The molecule has 0 unspecified atom stereocenters. The molecule has 0 radical (unpaired) electrons. The van der Waals surface area contributed by atoms with Crippen LogP contribution in [0.5, 0.6) is 0 Å². The number of rotatable bonds is 5. The van der Waals surface area contributed by atoms with Gasteiger partial charge in [0, 0.05) is 32.8 Å². The normalized spacial score (nSPS) is 11.5. The van der Waals surface area contributed by atoms with Crippen LogP contribution in [0.4, 0.5) is 22.0 Å². The van der Waals surface area contributed by atoms with Gasteiger partial charge in [0.05, 0.1) is 39.2 Å². The Kier molecular flexibility index (Phi) is 7.73. The molecule has 3 nitrogen and oxygen atoms in total. The van der Waals surface area contributed by atoms with E-state index in [1.54, 1.807) is 6.07 Å². The number of nitrogens with zero attached hydrogens (tertiary/aromatic N) is 3. The zero-order chi connectivity index (χ0) is 36.2. The van der Waals surface area contributed by atoms with Gasteiger partial charge in [0.15, 0.2) is 23.3 Å². The number of aromatic nitrogens is 3. The third-order valence-corrected chi connectivity index (χ3v) is 9.42. The Morgan fingerprint density at radius 3 is 1.47 bits per heavy atom. The van der Waals surface area contributed by atoms with Gasteiger partial charge < -0.3 is 0 Å². The number of benzene rings is 7. The number of hydrogen-bond acceptors (Lipinski definition) is 3. The van der Waals surface area contributed by atoms with Crippen LogP contribution in [-0.4, -0.2) is 15.0 Å². The summed E-state index contributed by atoms with van der Waals surface area (Å²) in [5, 5.41) is 2.25. The Labute approximate surface area is 299 Å². The van der Waals surface area contributed by atoms with Crippen molar-refractivity contribution < 1.29 is 22.0 Å². The second kappa shape index (κ2) is 12.8. The number of halogens is 5. The van der Waals surface area contributed by atoms with E-state index >= 15 is 8.78 Å². The highest BCUT2D eigenvalue weighted by Gasteiger charge is 2.28. The van der Waals surface area contributed by atoms with Crippen LogP contribution in [0.1, 0.15) is 0 Å². The lowest BCUT2D eigenvalue weighted by atomic mass is 9.90. The fraction of sp³-hybridized carbons (Fsp3) is 0. The van der Waals surface area contributed by atoms with Crippen LogP contribution in [0.2, 0.25) is 0 Å². The third-order valence-electron chi connectivity index (χ3n) is 9.42. The van der Waals surface area contributed by atoms with E-state index in [1.165, 1.54) is 18.2 Å². The first-order valence-electron chi connectivity index (χ1n) is 16.7. The number of fused-ring (bicyclic) bond motifs is 5. The van der Waals surface area contributed by atoms with Crippen LogP contribution < -0.4 is 0 Å². The highest BCUT2D eigenvalue weighted by Crippen LogP contribution is 2.44. The molecule has 254 valence electrons. The van der Waals surface area contributed by atoms with Gasteiger partial charge in [-0.3, -0.25) is 0 Å². The van der Waals surface area contributed by atoms with Crippen molar-refractivity contribution in [3.63, 3.8) is 0 Å². The van der Waals surface area contributed by atoms with Crippen molar-refractivity contribution in [2.45, 2.75) is 0 Å². The molecule has 8 heteroatoms. The molecule has 0 aliphatic rings. The average Bonchev–Trinajstić information content (AvgIpc) is 3.22. The molecule has 2 aromatic heterocycles. The predicted octanol–water partition coefficient (Wildman–Crippen LogP) is 12.4. The van der Waals surface area contributed by atoms with E-state index in [0.717, 1.165) is 33.0 Å². The van der Waals surface area contributed by atoms with Crippen LogP contribution in [0.25, 0.3) is 88.7 Å². The maximum atomic E-state index is 15.2. The molecule has 0 spiro atoms. The summed E-state index contributed by atoms with van der Waals surface area (Å²) in [7, 11) is 0. The summed E-state index contributed by atoms with van der Waals surface area (Å²) in [4.78, 5) is 15.7. The van der Waals surface area contributed by atoms with Gasteiger partial charge in [-0.05, 0) is 34.9 Å². The molecule has 0 saturated carbocycles. The van der Waals surface area contributed by atoms with Gasteiger partial charge in [-0.25, -0.2) is 36.9 Å². The zero-order valence-corrected chi connectivity index (χ0v) is 27.6. The van der Waals surface area contributed by atoms with Crippen molar-refractivity contribution in [3.05, 3.63) is 175 Å². The second-order valence-corrected chi connectivity index (χ2v) is 12.6. The average molecular weight is 702 g/mol. The van der Waals surface area contributed by atoms with Crippen molar-refractivity contribution in [3.8, 4) is 56.0 Å². The van der Waals surface area contributed by atoms with Crippen molar-refractivity contribution in [1.82, 2.24) is 15.0 Å². The van der Waals surface area contributed by atoms with E-state index in [0.29, 0.717) is 44.6 Å². The fourth-order valence-electron chi connectivity index (χ4n) is 6.99. The van der Waals surface area contributed by atoms with Gasteiger partial charge in [-0.15, -0.1) is 0 Å². The summed E-state index contributed by atoms with van der Waals surface area (Å²) < 4.78 is 73.2. The van der Waals surface area contributed by atoms with E-state index in [-0.39, 0.29) is 5.56 Å². The molecule has 0 atom stereocenters. The highest BCUT2D eigenvalue weighted by molar-refractivity contribution is 6.25. The van der Waals surface area contributed by atoms with Gasteiger partial charge in [0.2, 0.25) is 5.82 Å². The molecule has 0 bridgehead atoms. The Balaban J connectivity index is 1.45. The maximum absolute atomic E-state index is 15.2. The lowest BCUT2D eigenvalue weighted by Gasteiger charge is -2.18. The van der Waals surface area contributed by atoms with E-state index < -0.39 is 34.6 Å². The van der Waals surface area contributed by atoms with Gasteiger partial charge in [0.25, 0.3) is 0 Å². The van der Waals surface area contributed by atoms with Crippen molar-refractivity contribution >= 4 is 32.7 Å². The third kappa shape index (κ3) is 5.30. The molecule has 9 rings (SSSR count). The van der Waals surface area contributed by atoms with Gasteiger partial charge in [0.1, 0.15) is 0 Å². The SMILES string of the molecule is Fc1c(F)c(F)c(-c2cccc(-c3nc4ccccc4c4c(-c5ccccc5)cc5nc(-c6ccccc6)c(-c6ccccc6)nc5c34)c2)c(F)c1F. The first-order valence-corrected chi connectivity index (χ1v) is 16.7. The topological polar surface area (TPSA) is 38.7 Å². The van der Waals surface area contributed by atoms with E-state index in [9.17, 15) is 13.2 Å². The lowest BCUT2D eigenvalue weighted by molar-refractivity contribution is 0.381. The van der Waals surface area contributed by atoms with E-state index in [2.05, 4.69) is 0 Å². The van der Waals surface area contributed by atoms with E-state index in [1.807, 2.05) is 121 Å². The van der Waals surface area contributed by atoms with Gasteiger partial charge in [-0.2, -0.15) is 0 Å². The molecule has 0 saturated heterocycles. The minimum Gasteiger partial charge on any atom is -0.247 e. The molecule has 2 heterocycles. The molecular formula is C45H24F5N3. The van der Waals surface area contributed by atoms with Crippen LogP contribution in [0.15, 0.2) is 146 Å². The summed E-state index contributed by atoms with van der Waals surface area (Å²) in [5.41, 5.74) is 6.04. The minimum atomic E-state index is -2.22. The molecule has 0 amide bonds. The largest absolute Gasteiger partial charge is 0.247 e. The summed E-state index contributed by atoms with van der Waals surface area (Å²) in [6.07, 6.45) is 0. The standard InChI is InChI=1S/C45H24F5N3/c46-37-34(38(47)40(49)41(50)39(37)48)28-19-12-20-29(23-28)42-36-35(30-21-10-11-22-32(30)51-42)31(25-13-4-1-5-14-25)24-33-45(36)53-44(27-17-8-3-9-18-27)43(52-33)26-15-6-2-7-16-26/h1-24H. The molecule has 9 aromatic rings. The first-order chi connectivity index (χ1) is 25.9. The lowest BCUT2D eigenvalue weighted by Crippen LogP contribution is -2.04. The highest BCUT2D eigenvalue weighted by atomic mass is 19.2. The summed E-state index contributed by atoms with van der Waals surface area (Å²) in [6, 6.07) is 44.8. The number of para-hydroxylation sites is 1. The molecule has 53 heavy (non-hydrogen) atoms. The summed E-state index contributed by atoms with van der Waals surface area (Å²) in [6.45, 7) is 0. The molecule has 0 aliphatic carbocycles. The number of pyridine rings is 1. The summed E-state index contributed by atoms with van der Waals surface area (Å²) in [5.74, 6) is -10.1. The van der Waals surface area contributed by atoms with Crippen LogP contribution >= 0.6 is 0 Å². The maximum Gasteiger partial charge on any atom is 0.200 e. The first kappa shape index (κ1) is 32.1. The van der Waals surface area contributed by atoms with Crippen LogP contribution in [-0.2, 0) is 0 Å². The van der Waals surface area contributed by atoms with Gasteiger partial charge in [-0.1, -0.05) is 127 Å². The summed E-state index contributed by atoms with van der Waals surface area (Å²) >= 11 is 0. The number of hydrogen-bond donors (Lipinski definition) is 0. The quantitative estimate of drug-likeness (QED) is 0.0776.